The summed E-state index contributed by atoms with van der Waals surface area (Å²) in [4.78, 5) is 16.2. The maximum absolute atomic E-state index is 12.2. The first kappa shape index (κ1) is 12.2. The number of nitrogen functional groups attached to an aromatic ring is 1. The highest BCUT2D eigenvalue weighted by atomic mass is 16.1. The number of anilines is 2. The highest BCUT2D eigenvalue weighted by Gasteiger charge is 2.11. The van der Waals surface area contributed by atoms with Crippen LogP contribution in [0.4, 0.5) is 11.4 Å². The van der Waals surface area contributed by atoms with Gasteiger partial charge in [-0.05, 0) is 17.5 Å². The molecule has 20 heavy (non-hydrogen) atoms. The van der Waals surface area contributed by atoms with Gasteiger partial charge in [0.25, 0.3) is 5.91 Å². The molecular formula is C16H13N3O. The predicted octanol–water partition coefficient (Wildman–Crippen LogP) is 3.07. The molecule has 4 nitrogen and oxygen atoms in total. The van der Waals surface area contributed by atoms with Crippen molar-refractivity contribution >= 4 is 28.1 Å². The monoisotopic (exact) mass is 263 g/mol. The number of nitrogens with one attached hydrogen (secondary N) is 1. The van der Waals surface area contributed by atoms with Gasteiger partial charge >= 0.3 is 0 Å². The summed E-state index contributed by atoms with van der Waals surface area (Å²) in [6.45, 7) is 0. The Balaban J connectivity index is 1.98. The van der Waals surface area contributed by atoms with Gasteiger partial charge in [-0.2, -0.15) is 0 Å². The van der Waals surface area contributed by atoms with Crippen molar-refractivity contribution in [2.75, 3.05) is 11.1 Å². The topological polar surface area (TPSA) is 68.0 Å². The fraction of sp³-hybridized carbons (Fsp3) is 0. The lowest BCUT2D eigenvalue weighted by atomic mass is 10.1. The number of aromatic nitrogens is 1. The zero-order valence-corrected chi connectivity index (χ0v) is 10.7. The largest absolute Gasteiger partial charge is 0.398 e. The maximum Gasteiger partial charge on any atom is 0.259 e. The molecule has 0 unspecified atom stereocenters. The van der Waals surface area contributed by atoms with Crippen LogP contribution in [-0.4, -0.2) is 10.9 Å². The number of nitrogens with zero attached hydrogens (tertiary/aromatic N) is 1. The van der Waals surface area contributed by atoms with Crippen molar-refractivity contribution in [2.45, 2.75) is 0 Å². The lowest BCUT2D eigenvalue weighted by Gasteiger charge is -2.09. The SMILES string of the molecule is Nc1ccncc1C(=O)Nc1cccc2ccccc12. The van der Waals surface area contributed by atoms with Gasteiger partial charge in [-0.3, -0.25) is 9.78 Å². The van der Waals surface area contributed by atoms with E-state index in [1.807, 2.05) is 42.5 Å². The number of pyridine rings is 1. The third-order valence-corrected chi connectivity index (χ3v) is 3.14. The Labute approximate surface area is 116 Å². The zero-order valence-electron chi connectivity index (χ0n) is 10.7. The molecule has 0 saturated heterocycles. The molecule has 4 heteroatoms. The van der Waals surface area contributed by atoms with Crippen molar-refractivity contribution in [1.82, 2.24) is 4.98 Å². The number of hydrogen-bond acceptors (Lipinski definition) is 3. The molecule has 2 aromatic carbocycles. The fourth-order valence-electron chi connectivity index (χ4n) is 2.12. The lowest BCUT2D eigenvalue weighted by molar-refractivity contribution is 0.102. The minimum absolute atomic E-state index is 0.257. The molecule has 1 aromatic heterocycles. The second kappa shape index (κ2) is 5.01. The molecule has 3 N–H and O–H groups in total. The average Bonchev–Trinajstić information content (AvgIpc) is 2.48. The highest BCUT2D eigenvalue weighted by Crippen LogP contribution is 2.23. The van der Waals surface area contributed by atoms with Gasteiger partial charge in [0.15, 0.2) is 0 Å². The van der Waals surface area contributed by atoms with Crippen LogP contribution in [0.15, 0.2) is 60.9 Å². The van der Waals surface area contributed by atoms with Gasteiger partial charge in [0.05, 0.1) is 5.56 Å². The van der Waals surface area contributed by atoms with Crippen molar-refractivity contribution in [1.29, 1.82) is 0 Å². The molecule has 0 atom stereocenters. The van der Waals surface area contributed by atoms with Crippen LogP contribution in [0.1, 0.15) is 10.4 Å². The average molecular weight is 263 g/mol. The molecule has 0 bridgehead atoms. The Morgan fingerprint density at radius 3 is 2.70 bits per heavy atom. The van der Waals surface area contributed by atoms with E-state index >= 15 is 0 Å². The molecule has 98 valence electrons. The first-order chi connectivity index (χ1) is 9.75. The maximum atomic E-state index is 12.2. The van der Waals surface area contributed by atoms with Crippen molar-refractivity contribution in [3.63, 3.8) is 0 Å². The molecule has 0 aliphatic heterocycles. The van der Waals surface area contributed by atoms with Crippen LogP contribution in [0.2, 0.25) is 0 Å². The van der Waals surface area contributed by atoms with Gasteiger partial charge in [-0.1, -0.05) is 36.4 Å². The molecule has 0 fully saturated rings. The number of nitrogens with two attached hydrogens (primary N) is 1. The standard InChI is InChI=1S/C16H13N3O/c17-14-8-9-18-10-13(14)16(20)19-15-7-3-5-11-4-1-2-6-12(11)15/h1-10H,(H2,17,18)(H,19,20). The minimum Gasteiger partial charge on any atom is -0.398 e. The summed E-state index contributed by atoms with van der Waals surface area (Å²) in [5, 5.41) is 4.95. The molecule has 0 spiro atoms. The zero-order chi connectivity index (χ0) is 13.9. The van der Waals surface area contributed by atoms with Crippen molar-refractivity contribution in [3.8, 4) is 0 Å². The number of carbonyl (C=O) groups excluding carboxylic acids is 1. The van der Waals surface area contributed by atoms with E-state index in [0.29, 0.717) is 11.3 Å². The van der Waals surface area contributed by atoms with Crippen LogP contribution in [0.25, 0.3) is 10.8 Å². The molecule has 3 aromatic rings. The van der Waals surface area contributed by atoms with E-state index in [2.05, 4.69) is 10.3 Å². The number of fused-ring (bicyclic) bond motifs is 1. The van der Waals surface area contributed by atoms with Gasteiger partial charge in [-0.15, -0.1) is 0 Å². The summed E-state index contributed by atoms with van der Waals surface area (Å²) in [7, 11) is 0. The van der Waals surface area contributed by atoms with E-state index in [1.165, 1.54) is 6.20 Å². The second-order valence-electron chi connectivity index (χ2n) is 4.44. The van der Waals surface area contributed by atoms with E-state index in [4.69, 9.17) is 5.73 Å². The van der Waals surface area contributed by atoms with E-state index in [0.717, 1.165) is 16.5 Å². The molecular weight excluding hydrogens is 250 g/mol. The second-order valence-corrected chi connectivity index (χ2v) is 4.44. The van der Waals surface area contributed by atoms with E-state index in [1.54, 1.807) is 12.3 Å². The number of benzene rings is 2. The molecule has 3 rings (SSSR count). The Morgan fingerprint density at radius 1 is 1.05 bits per heavy atom. The Bertz CT molecular complexity index is 778. The molecule has 0 radical (unpaired) electrons. The summed E-state index contributed by atoms with van der Waals surface area (Å²) < 4.78 is 0. The van der Waals surface area contributed by atoms with Gasteiger partial charge in [0.1, 0.15) is 0 Å². The number of amides is 1. The van der Waals surface area contributed by atoms with Crippen LogP contribution in [-0.2, 0) is 0 Å². The predicted molar refractivity (Wildman–Crippen MR) is 80.6 cm³/mol. The first-order valence-corrected chi connectivity index (χ1v) is 6.24. The van der Waals surface area contributed by atoms with Crippen molar-refractivity contribution in [3.05, 3.63) is 66.5 Å². The Hall–Kier alpha value is -2.88. The van der Waals surface area contributed by atoms with Crippen LogP contribution in [0.5, 0.6) is 0 Å². The summed E-state index contributed by atoms with van der Waals surface area (Å²) in [5.41, 5.74) is 7.34. The number of hydrogen-bond donors (Lipinski definition) is 2. The van der Waals surface area contributed by atoms with Gasteiger partial charge in [0, 0.05) is 29.2 Å². The van der Waals surface area contributed by atoms with Crippen LogP contribution >= 0.6 is 0 Å². The molecule has 0 saturated carbocycles. The van der Waals surface area contributed by atoms with Gasteiger partial charge < -0.3 is 11.1 Å². The summed E-state index contributed by atoms with van der Waals surface area (Å²) in [6, 6.07) is 15.3. The molecule has 1 heterocycles. The van der Waals surface area contributed by atoms with Crippen LogP contribution < -0.4 is 11.1 Å². The van der Waals surface area contributed by atoms with Crippen molar-refractivity contribution < 1.29 is 4.79 Å². The smallest absolute Gasteiger partial charge is 0.259 e. The molecule has 0 aliphatic rings. The van der Waals surface area contributed by atoms with Crippen LogP contribution in [0.3, 0.4) is 0 Å². The van der Waals surface area contributed by atoms with Gasteiger partial charge in [0.2, 0.25) is 0 Å². The van der Waals surface area contributed by atoms with Crippen LogP contribution in [0, 0.1) is 0 Å². The Morgan fingerprint density at radius 2 is 1.85 bits per heavy atom. The van der Waals surface area contributed by atoms with E-state index < -0.39 is 0 Å². The third-order valence-electron chi connectivity index (χ3n) is 3.14. The number of rotatable bonds is 2. The Kier molecular flexibility index (Phi) is 3.05. The summed E-state index contributed by atoms with van der Waals surface area (Å²) in [5.74, 6) is -0.257. The third kappa shape index (κ3) is 2.19. The molecule has 0 aliphatic carbocycles. The normalized spacial score (nSPS) is 10.4. The fourth-order valence-corrected chi connectivity index (χ4v) is 2.12. The minimum atomic E-state index is -0.257. The highest BCUT2D eigenvalue weighted by molar-refractivity contribution is 6.11. The lowest BCUT2D eigenvalue weighted by Crippen LogP contribution is -2.14. The summed E-state index contributed by atoms with van der Waals surface area (Å²) in [6.07, 6.45) is 3.03. The first-order valence-electron chi connectivity index (χ1n) is 6.24. The summed E-state index contributed by atoms with van der Waals surface area (Å²) >= 11 is 0. The number of carbonyl (C=O) groups is 1. The van der Waals surface area contributed by atoms with E-state index in [9.17, 15) is 4.79 Å². The molecule has 1 amide bonds. The van der Waals surface area contributed by atoms with Crippen molar-refractivity contribution in [2.24, 2.45) is 0 Å². The van der Waals surface area contributed by atoms with Gasteiger partial charge in [-0.25, -0.2) is 0 Å². The van der Waals surface area contributed by atoms with E-state index in [-0.39, 0.29) is 5.91 Å². The quantitative estimate of drug-likeness (QED) is 0.746.